The number of carbonyl (C=O) groups is 2. The number of fused-ring (bicyclic) bond motifs is 1. The normalized spacial score (nSPS) is 13.9. The summed E-state index contributed by atoms with van der Waals surface area (Å²) < 4.78 is 1.74. The maximum Gasteiger partial charge on any atom is 0.326 e. The van der Waals surface area contributed by atoms with Crippen molar-refractivity contribution in [2.24, 2.45) is 0 Å². The van der Waals surface area contributed by atoms with E-state index >= 15 is 0 Å². The second-order valence-corrected chi connectivity index (χ2v) is 4.62. The first kappa shape index (κ1) is 14.0. The molecule has 0 bridgehead atoms. The number of aliphatic carboxylic acids is 1. The first-order valence-corrected chi connectivity index (χ1v) is 6.49. The minimum Gasteiger partial charge on any atom is -0.480 e. The monoisotopic (exact) mass is 275 g/mol. The molecule has 6 nitrogen and oxygen atoms in total. The average molecular weight is 275 g/mol. The molecular weight excluding hydrogens is 258 g/mol. The number of para-hydroxylation sites is 2. The third-order valence-electron chi connectivity index (χ3n) is 3.30. The van der Waals surface area contributed by atoms with Crippen LogP contribution in [0.3, 0.4) is 0 Å². The highest BCUT2D eigenvalue weighted by Gasteiger charge is 2.23. The van der Waals surface area contributed by atoms with Gasteiger partial charge < -0.3 is 15.0 Å². The van der Waals surface area contributed by atoms with Crippen molar-refractivity contribution in [3.8, 4) is 0 Å². The molecule has 0 saturated heterocycles. The maximum absolute atomic E-state index is 12.1. The number of benzene rings is 1. The van der Waals surface area contributed by atoms with Crippen LogP contribution >= 0.6 is 0 Å². The van der Waals surface area contributed by atoms with Crippen molar-refractivity contribution in [2.75, 3.05) is 0 Å². The van der Waals surface area contributed by atoms with Gasteiger partial charge in [0.2, 0.25) is 5.91 Å². The van der Waals surface area contributed by atoms with Gasteiger partial charge in [-0.05, 0) is 25.5 Å². The lowest BCUT2D eigenvalue weighted by atomic mass is 10.2. The number of hydrogen-bond acceptors (Lipinski definition) is 3. The van der Waals surface area contributed by atoms with Crippen molar-refractivity contribution in [1.29, 1.82) is 0 Å². The Labute approximate surface area is 116 Å². The Balaban J connectivity index is 2.20. The lowest BCUT2D eigenvalue weighted by Gasteiger charge is -2.18. The Morgan fingerprint density at radius 1 is 1.40 bits per heavy atom. The molecule has 2 rings (SSSR count). The number of aromatic nitrogens is 2. The van der Waals surface area contributed by atoms with E-state index in [1.807, 2.05) is 24.3 Å². The number of nitrogens with one attached hydrogen (secondary N) is 1. The van der Waals surface area contributed by atoms with E-state index in [1.165, 1.54) is 0 Å². The van der Waals surface area contributed by atoms with Gasteiger partial charge in [-0.2, -0.15) is 0 Å². The van der Waals surface area contributed by atoms with Gasteiger partial charge in [-0.3, -0.25) is 4.79 Å². The van der Waals surface area contributed by atoms with Crippen molar-refractivity contribution in [3.63, 3.8) is 0 Å². The van der Waals surface area contributed by atoms with Gasteiger partial charge in [-0.15, -0.1) is 0 Å². The van der Waals surface area contributed by atoms with Crippen LogP contribution in [0.15, 0.2) is 30.6 Å². The Hall–Kier alpha value is -2.37. The summed E-state index contributed by atoms with van der Waals surface area (Å²) in [6.07, 6.45) is 1.94. The summed E-state index contributed by atoms with van der Waals surface area (Å²) in [4.78, 5) is 27.3. The highest BCUT2D eigenvalue weighted by Crippen LogP contribution is 2.17. The molecule has 0 saturated carbocycles. The SMILES string of the molecule is CC[C@@H](NC(=O)C(C)n1cnc2ccccc21)C(=O)O. The largest absolute Gasteiger partial charge is 0.480 e. The summed E-state index contributed by atoms with van der Waals surface area (Å²) in [5.74, 6) is -1.36. The van der Waals surface area contributed by atoms with Crippen molar-refractivity contribution >= 4 is 22.9 Å². The number of nitrogens with zero attached hydrogens (tertiary/aromatic N) is 2. The average Bonchev–Trinajstić information content (AvgIpc) is 2.87. The molecule has 2 atom stereocenters. The van der Waals surface area contributed by atoms with Gasteiger partial charge in [0.25, 0.3) is 0 Å². The number of hydrogen-bond donors (Lipinski definition) is 2. The van der Waals surface area contributed by atoms with Gasteiger partial charge in [0.05, 0.1) is 17.4 Å². The smallest absolute Gasteiger partial charge is 0.326 e. The minimum absolute atomic E-state index is 0.331. The van der Waals surface area contributed by atoms with Crippen LogP contribution in [0.2, 0.25) is 0 Å². The fourth-order valence-electron chi connectivity index (χ4n) is 2.04. The van der Waals surface area contributed by atoms with Gasteiger partial charge in [0.15, 0.2) is 0 Å². The lowest BCUT2D eigenvalue weighted by molar-refractivity contribution is -0.142. The highest BCUT2D eigenvalue weighted by molar-refractivity contribution is 5.87. The van der Waals surface area contributed by atoms with Gasteiger partial charge in [-0.25, -0.2) is 9.78 Å². The third kappa shape index (κ3) is 2.64. The quantitative estimate of drug-likeness (QED) is 0.867. The van der Waals surface area contributed by atoms with E-state index in [2.05, 4.69) is 10.3 Å². The molecule has 2 N–H and O–H groups in total. The molecule has 1 amide bonds. The molecule has 1 aromatic heterocycles. The second-order valence-electron chi connectivity index (χ2n) is 4.62. The minimum atomic E-state index is -1.02. The van der Waals surface area contributed by atoms with Crippen LogP contribution in [0.5, 0.6) is 0 Å². The van der Waals surface area contributed by atoms with E-state index in [-0.39, 0.29) is 5.91 Å². The molecule has 0 spiro atoms. The number of imidazole rings is 1. The summed E-state index contributed by atoms with van der Waals surface area (Å²) in [5, 5.41) is 11.5. The predicted molar refractivity (Wildman–Crippen MR) is 74.3 cm³/mol. The number of amides is 1. The van der Waals surface area contributed by atoms with Crippen molar-refractivity contribution in [3.05, 3.63) is 30.6 Å². The Kier molecular flexibility index (Phi) is 4.02. The molecule has 0 radical (unpaired) electrons. The fraction of sp³-hybridized carbons (Fsp3) is 0.357. The number of rotatable bonds is 5. The molecule has 0 aliphatic rings. The van der Waals surface area contributed by atoms with Crippen molar-refractivity contribution in [2.45, 2.75) is 32.4 Å². The van der Waals surface area contributed by atoms with Crippen molar-refractivity contribution in [1.82, 2.24) is 14.9 Å². The van der Waals surface area contributed by atoms with Crippen LogP contribution in [0.1, 0.15) is 26.3 Å². The van der Waals surface area contributed by atoms with Gasteiger partial charge in [0, 0.05) is 0 Å². The Morgan fingerprint density at radius 2 is 2.10 bits per heavy atom. The zero-order valence-corrected chi connectivity index (χ0v) is 11.4. The number of carboxylic acids is 1. The van der Waals surface area contributed by atoms with Crippen LogP contribution in [0, 0.1) is 0 Å². The molecule has 1 unspecified atom stereocenters. The molecule has 2 aromatic rings. The topological polar surface area (TPSA) is 84.2 Å². The molecule has 20 heavy (non-hydrogen) atoms. The third-order valence-corrected chi connectivity index (χ3v) is 3.30. The lowest BCUT2D eigenvalue weighted by Crippen LogP contribution is -2.43. The van der Waals surface area contributed by atoms with Crippen LogP contribution in [0.25, 0.3) is 11.0 Å². The summed E-state index contributed by atoms with van der Waals surface area (Å²) in [6.45, 7) is 3.44. The molecule has 6 heteroatoms. The zero-order chi connectivity index (χ0) is 14.7. The molecule has 0 fully saturated rings. The first-order chi connectivity index (χ1) is 9.54. The molecule has 1 heterocycles. The van der Waals surface area contributed by atoms with E-state index in [9.17, 15) is 9.59 Å². The summed E-state index contributed by atoms with van der Waals surface area (Å²) in [7, 11) is 0. The molecule has 1 aromatic carbocycles. The van der Waals surface area contributed by atoms with Crippen molar-refractivity contribution < 1.29 is 14.7 Å². The van der Waals surface area contributed by atoms with E-state index < -0.39 is 18.1 Å². The van der Waals surface area contributed by atoms with Gasteiger partial charge in [-0.1, -0.05) is 19.1 Å². The van der Waals surface area contributed by atoms with Gasteiger partial charge in [0.1, 0.15) is 12.1 Å². The van der Waals surface area contributed by atoms with Crippen LogP contribution in [-0.2, 0) is 9.59 Å². The standard InChI is InChI=1S/C14H17N3O3/c1-3-10(14(19)20)16-13(18)9(2)17-8-15-11-6-4-5-7-12(11)17/h4-10H,3H2,1-2H3,(H,16,18)(H,19,20)/t9?,10-/m1/s1. The molecule has 0 aliphatic carbocycles. The van der Waals surface area contributed by atoms with Gasteiger partial charge >= 0.3 is 5.97 Å². The van der Waals surface area contributed by atoms with Crippen LogP contribution in [0.4, 0.5) is 0 Å². The number of carboxylic acid groups (broad SMARTS) is 1. The first-order valence-electron chi connectivity index (χ1n) is 6.49. The molecule has 0 aliphatic heterocycles. The van der Waals surface area contributed by atoms with E-state index in [0.29, 0.717) is 6.42 Å². The fourth-order valence-corrected chi connectivity index (χ4v) is 2.04. The number of carbonyl (C=O) groups excluding carboxylic acids is 1. The molecular formula is C14H17N3O3. The maximum atomic E-state index is 12.1. The Morgan fingerprint density at radius 3 is 2.75 bits per heavy atom. The second kappa shape index (κ2) is 5.73. The Bertz CT molecular complexity index is 635. The van der Waals surface area contributed by atoms with E-state index in [0.717, 1.165) is 11.0 Å². The zero-order valence-electron chi connectivity index (χ0n) is 11.4. The van der Waals surface area contributed by atoms with E-state index in [1.54, 1.807) is 24.7 Å². The summed E-state index contributed by atoms with van der Waals surface area (Å²) in [5.41, 5.74) is 1.65. The predicted octanol–water partition coefficient (Wildman–Crippen LogP) is 1.58. The van der Waals surface area contributed by atoms with E-state index in [4.69, 9.17) is 5.11 Å². The highest BCUT2D eigenvalue weighted by atomic mass is 16.4. The summed E-state index contributed by atoms with van der Waals surface area (Å²) >= 11 is 0. The van der Waals surface area contributed by atoms with Crippen LogP contribution < -0.4 is 5.32 Å². The van der Waals surface area contributed by atoms with Crippen LogP contribution in [-0.4, -0.2) is 32.6 Å². The summed E-state index contributed by atoms with van der Waals surface area (Å²) in [6, 6.07) is 6.11. The molecule has 106 valence electrons.